The number of carbonyl (C=O) groups excluding carboxylic acids is 1. The zero-order valence-electron chi connectivity index (χ0n) is 11.6. The van der Waals surface area contributed by atoms with Gasteiger partial charge in [-0.1, -0.05) is 11.6 Å². The number of benzene rings is 1. The van der Waals surface area contributed by atoms with E-state index in [0.29, 0.717) is 18.7 Å². The molecule has 1 amide bonds. The van der Waals surface area contributed by atoms with Crippen LogP contribution in [0.5, 0.6) is 0 Å². The van der Waals surface area contributed by atoms with Gasteiger partial charge in [0.25, 0.3) is 0 Å². The fourth-order valence-corrected chi connectivity index (χ4v) is 2.62. The van der Waals surface area contributed by atoms with Crippen molar-refractivity contribution in [2.75, 3.05) is 25.0 Å². The predicted molar refractivity (Wildman–Crippen MR) is 75.3 cm³/mol. The van der Waals surface area contributed by atoms with Crippen LogP contribution in [0.15, 0.2) is 18.2 Å². The van der Waals surface area contributed by atoms with Crippen LogP contribution in [0.4, 0.5) is 23.2 Å². The Morgan fingerprint density at radius 3 is 2.77 bits per heavy atom. The van der Waals surface area contributed by atoms with E-state index in [2.05, 4.69) is 5.32 Å². The third kappa shape index (κ3) is 4.58. The number of carbonyl (C=O) groups is 1. The maximum absolute atomic E-state index is 13.0. The summed E-state index contributed by atoms with van der Waals surface area (Å²) < 4.78 is 51.1. The van der Waals surface area contributed by atoms with E-state index < -0.39 is 23.8 Å². The summed E-state index contributed by atoms with van der Waals surface area (Å²) in [6.07, 6.45) is -3.74. The molecule has 3 nitrogen and oxygen atoms in total. The van der Waals surface area contributed by atoms with Crippen molar-refractivity contribution >= 4 is 23.2 Å². The van der Waals surface area contributed by atoms with Gasteiger partial charge in [0.15, 0.2) is 0 Å². The van der Waals surface area contributed by atoms with Gasteiger partial charge in [-0.15, -0.1) is 0 Å². The van der Waals surface area contributed by atoms with Crippen LogP contribution < -0.4 is 5.32 Å². The molecule has 1 unspecified atom stereocenters. The summed E-state index contributed by atoms with van der Waals surface area (Å²) in [4.78, 5) is 13.3. The summed E-state index contributed by atoms with van der Waals surface area (Å²) in [7, 11) is 0. The van der Waals surface area contributed by atoms with Gasteiger partial charge in [-0.3, -0.25) is 9.69 Å². The molecule has 1 aromatic rings. The normalized spacial score (nSPS) is 20.0. The minimum Gasteiger partial charge on any atom is -0.325 e. The third-order valence-corrected chi connectivity index (χ3v) is 3.83. The molecule has 22 heavy (non-hydrogen) atoms. The lowest BCUT2D eigenvalue weighted by molar-refractivity contribution is -0.186. The Balaban J connectivity index is 1.90. The van der Waals surface area contributed by atoms with Gasteiger partial charge in [-0.25, -0.2) is 4.39 Å². The number of halogens is 5. The zero-order chi connectivity index (χ0) is 16.3. The Kier molecular flexibility index (Phi) is 5.28. The fraction of sp³-hybridized carbons (Fsp3) is 0.500. The number of hydrogen-bond acceptors (Lipinski definition) is 2. The SMILES string of the molecule is O=C(CN1CCCC(C(F)(F)F)C1)Nc1ccc(F)c(Cl)c1. The molecule has 1 atom stereocenters. The molecule has 0 aromatic heterocycles. The van der Waals surface area contributed by atoms with Crippen LogP contribution in [-0.2, 0) is 4.79 Å². The second-order valence-electron chi connectivity index (χ2n) is 5.29. The molecule has 1 saturated heterocycles. The van der Waals surface area contributed by atoms with E-state index in [-0.39, 0.29) is 24.5 Å². The van der Waals surface area contributed by atoms with Gasteiger partial charge in [0.1, 0.15) is 5.82 Å². The molecule has 1 N–H and O–H groups in total. The quantitative estimate of drug-likeness (QED) is 0.852. The van der Waals surface area contributed by atoms with Crippen molar-refractivity contribution in [2.24, 2.45) is 5.92 Å². The molecule has 0 bridgehead atoms. The first-order valence-corrected chi connectivity index (χ1v) is 7.17. The van der Waals surface area contributed by atoms with E-state index in [1.165, 1.54) is 17.0 Å². The highest BCUT2D eigenvalue weighted by atomic mass is 35.5. The Labute approximate surface area is 130 Å². The summed E-state index contributed by atoms with van der Waals surface area (Å²) in [5.41, 5.74) is 0.306. The molecular weight excluding hydrogens is 324 g/mol. The van der Waals surface area contributed by atoms with Crippen molar-refractivity contribution in [3.05, 3.63) is 29.0 Å². The number of amides is 1. The smallest absolute Gasteiger partial charge is 0.325 e. The molecule has 2 rings (SSSR count). The molecule has 1 aliphatic heterocycles. The highest BCUT2D eigenvalue weighted by molar-refractivity contribution is 6.31. The molecule has 8 heteroatoms. The largest absolute Gasteiger partial charge is 0.393 e. The summed E-state index contributed by atoms with van der Waals surface area (Å²) >= 11 is 5.60. The zero-order valence-corrected chi connectivity index (χ0v) is 12.3. The molecule has 0 spiro atoms. The maximum Gasteiger partial charge on any atom is 0.393 e. The molecule has 0 radical (unpaired) electrons. The molecule has 0 aliphatic carbocycles. The topological polar surface area (TPSA) is 32.3 Å². The monoisotopic (exact) mass is 338 g/mol. The minimum absolute atomic E-state index is 0.0924. The Morgan fingerprint density at radius 2 is 2.14 bits per heavy atom. The Hall–Kier alpha value is -1.34. The molecule has 122 valence electrons. The number of likely N-dealkylation sites (tertiary alicyclic amines) is 1. The first-order valence-electron chi connectivity index (χ1n) is 6.79. The Bertz CT molecular complexity index is 550. The second-order valence-corrected chi connectivity index (χ2v) is 5.70. The highest BCUT2D eigenvalue weighted by Gasteiger charge is 2.41. The standard InChI is InChI=1S/C14H15ClF4N2O/c15-11-6-10(3-4-12(11)16)20-13(22)8-21-5-1-2-9(7-21)14(17,18)19/h3-4,6,9H,1-2,5,7-8H2,(H,20,22). The van der Waals surface area contributed by atoms with Crippen LogP contribution in [0.25, 0.3) is 0 Å². The second kappa shape index (κ2) is 6.83. The number of anilines is 1. The van der Waals surface area contributed by atoms with E-state index in [0.717, 1.165) is 6.07 Å². The van der Waals surface area contributed by atoms with Gasteiger partial charge >= 0.3 is 6.18 Å². The van der Waals surface area contributed by atoms with E-state index in [1.807, 2.05) is 0 Å². The van der Waals surface area contributed by atoms with Crippen LogP contribution in [0.1, 0.15) is 12.8 Å². The van der Waals surface area contributed by atoms with Crippen LogP contribution in [-0.4, -0.2) is 36.6 Å². The summed E-state index contributed by atoms with van der Waals surface area (Å²) in [5, 5.41) is 2.37. The Morgan fingerprint density at radius 1 is 1.41 bits per heavy atom. The number of hydrogen-bond donors (Lipinski definition) is 1. The van der Waals surface area contributed by atoms with E-state index >= 15 is 0 Å². The van der Waals surface area contributed by atoms with Crippen LogP contribution >= 0.6 is 11.6 Å². The fourth-order valence-electron chi connectivity index (χ4n) is 2.44. The molecule has 1 aliphatic rings. The average Bonchev–Trinajstić information content (AvgIpc) is 2.42. The number of rotatable bonds is 3. The lowest BCUT2D eigenvalue weighted by atomic mass is 9.97. The molecular formula is C14H15ClF4N2O. The molecule has 1 fully saturated rings. The van der Waals surface area contributed by atoms with Crippen molar-refractivity contribution < 1.29 is 22.4 Å². The van der Waals surface area contributed by atoms with E-state index in [1.54, 1.807) is 0 Å². The van der Waals surface area contributed by atoms with Crippen molar-refractivity contribution in [1.82, 2.24) is 4.90 Å². The third-order valence-electron chi connectivity index (χ3n) is 3.54. The van der Waals surface area contributed by atoms with Crippen LogP contribution in [0.3, 0.4) is 0 Å². The predicted octanol–water partition coefficient (Wildman–Crippen LogP) is 3.69. The average molecular weight is 339 g/mol. The summed E-state index contributed by atoms with van der Waals surface area (Å²) in [6, 6.07) is 3.70. The van der Waals surface area contributed by atoms with Gasteiger partial charge in [0, 0.05) is 12.2 Å². The van der Waals surface area contributed by atoms with Gasteiger partial charge in [-0.05, 0) is 37.6 Å². The number of nitrogens with zero attached hydrogens (tertiary/aromatic N) is 1. The van der Waals surface area contributed by atoms with Crippen molar-refractivity contribution in [2.45, 2.75) is 19.0 Å². The van der Waals surface area contributed by atoms with Crippen molar-refractivity contribution in [1.29, 1.82) is 0 Å². The summed E-state index contributed by atoms with van der Waals surface area (Å²) in [5.74, 6) is -2.46. The van der Waals surface area contributed by atoms with Crippen LogP contribution in [0, 0.1) is 11.7 Å². The van der Waals surface area contributed by atoms with Gasteiger partial charge in [-0.2, -0.15) is 13.2 Å². The minimum atomic E-state index is -4.24. The van der Waals surface area contributed by atoms with Gasteiger partial charge in [0.2, 0.25) is 5.91 Å². The lowest BCUT2D eigenvalue weighted by Crippen LogP contribution is -2.44. The first-order chi connectivity index (χ1) is 10.3. The molecule has 0 saturated carbocycles. The van der Waals surface area contributed by atoms with E-state index in [9.17, 15) is 22.4 Å². The first kappa shape index (κ1) is 17.0. The maximum atomic E-state index is 13.0. The highest BCUT2D eigenvalue weighted by Crippen LogP contribution is 2.33. The molecule has 1 aromatic carbocycles. The number of nitrogens with one attached hydrogen (secondary N) is 1. The summed E-state index contributed by atoms with van der Waals surface area (Å²) in [6.45, 7) is 0.132. The van der Waals surface area contributed by atoms with Gasteiger partial charge in [0.05, 0.1) is 17.5 Å². The van der Waals surface area contributed by atoms with Crippen LogP contribution in [0.2, 0.25) is 5.02 Å². The number of alkyl halides is 3. The van der Waals surface area contributed by atoms with Gasteiger partial charge < -0.3 is 5.32 Å². The van der Waals surface area contributed by atoms with Crippen molar-refractivity contribution in [3.8, 4) is 0 Å². The number of piperidine rings is 1. The lowest BCUT2D eigenvalue weighted by Gasteiger charge is -2.33. The molecule has 1 heterocycles. The van der Waals surface area contributed by atoms with E-state index in [4.69, 9.17) is 11.6 Å². The van der Waals surface area contributed by atoms with Crippen molar-refractivity contribution in [3.63, 3.8) is 0 Å².